The first-order chi connectivity index (χ1) is 13.8. The Kier molecular flexibility index (Phi) is 5.65. The highest BCUT2D eigenvalue weighted by Gasteiger charge is 2.40. The van der Waals surface area contributed by atoms with Gasteiger partial charge in [0.2, 0.25) is 5.88 Å². The number of ether oxygens (including phenoxy) is 1. The molecule has 2 fully saturated rings. The highest BCUT2D eigenvalue weighted by atomic mass is 16.5. The third kappa shape index (κ3) is 4.97. The van der Waals surface area contributed by atoms with Gasteiger partial charge in [0, 0.05) is 38.0 Å². The van der Waals surface area contributed by atoms with Gasteiger partial charge in [-0.05, 0) is 62.0 Å². The molecule has 3 atom stereocenters. The summed E-state index contributed by atoms with van der Waals surface area (Å²) in [5, 5.41) is 13.0. The summed E-state index contributed by atoms with van der Waals surface area (Å²) in [5.41, 5.74) is 3.25. The topological polar surface area (TPSA) is 56.1 Å². The molecule has 1 aliphatic carbocycles. The second-order valence-corrected chi connectivity index (χ2v) is 10.3. The first kappa shape index (κ1) is 20.3. The van der Waals surface area contributed by atoms with Crippen LogP contribution >= 0.6 is 0 Å². The summed E-state index contributed by atoms with van der Waals surface area (Å²) in [5.74, 6) is 2.98. The summed E-state index contributed by atoms with van der Waals surface area (Å²) in [7, 11) is 1.92. The predicted octanol–water partition coefficient (Wildman–Crippen LogP) is 3.96. The highest BCUT2D eigenvalue weighted by molar-refractivity contribution is 5.60. The lowest BCUT2D eigenvalue weighted by Crippen LogP contribution is -2.27. The summed E-state index contributed by atoms with van der Waals surface area (Å²) in [4.78, 5) is 2.68. The van der Waals surface area contributed by atoms with E-state index in [-0.39, 0.29) is 0 Å². The van der Waals surface area contributed by atoms with E-state index in [0.29, 0.717) is 17.2 Å². The van der Waals surface area contributed by atoms with E-state index in [0.717, 1.165) is 35.4 Å². The van der Waals surface area contributed by atoms with Crippen LogP contribution in [0.1, 0.15) is 45.7 Å². The van der Waals surface area contributed by atoms with Crippen LogP contribution in [0.25, 0.3) is 11.3 Å². The minimum atomic E-state index is 0.431. The van der Waals surface area contributed by atoms with Crippen molar-refractivity contribution in [2.24, 2.45) is 30.2 Å². The van der Waals surface area contributed by atoms with Gasteiger partial charge in [-0.15, -0.1) is 10.2 Å². The number of hydrogen-bond acceptors (Lipinski definition) is 5. The monoisotopic (exact) mass is 397 g/mol. The van der Waals surface area contributed by atoms with Crippen molar-refractivity contribution in [1.29, 1.82) is 0 Å². The van der Waals surface area contributed by atoms with Gasteiger partial charge in [0.25, 0.3) is 0 Å². The van der Waals surface area contributed by atoms with Crippen molar-refractivity contribution in [1.82, 2.24) is 24.9 Å². The van der Waals surface area contributed by atoms with Crippen molar-refractivity contribution in [3.05, 3.63) is 24.0 Å². The molecule has 0 bridgehead atoms. The zero-order valence-corrected chi connectivity index (χ0v) is 18.6. The second kappa shape index (κ2) is 8.05. The van der Waals surface area contributed by atoms with E-state index in [1.165, 1.54) is 38.9 Å². The van der Waals surface area contributed by atoms with E-state index in [1.807, 2.05) is 32.3 Å². The van der Waals surface area contributed by atoms with Gasteiger partial charge < -0.3 is 9.64 Å². The first-order valence-electron chi connectivity index (χ1n) is 11.0. The number of aromatic nitrogens is 4. The van der Waals surface area contributed by atoms with E-state index in [2.05, 4.69) is 41.0 Å². The molecule has 0 N–H and O–H groups in total. The van der Waals surface area contributed by atoms with Crippen LogP contribution in [0.4, 0.5) is 0 Å². The van der Waals surface area contributed by atoms with E-state index < -0.39 is 0 Å². The summed E-state index contributed by atoms with van der Waals surface area (Å²) in [6, 6.07) is 3.90. The molecule has 158 valence electrons. The fourth-order valence-electron chi connectivity index (χ4n) is 4.93. The zero-order valence-electron chi connectivity index (χ0n) is 18.6. The van der Waals surface area contributed by atoms with Crippen LogP contribution in [-0.2, 0) is 7.05 Å². The molecule has 2 aromatic heterocycles. The molecule has 6 nitrogen and oxygen atoms in total. The van der Waals surface area contributed by atoms with Gasteiger partial charge in [0.1, 0.15) is 0 Å². The Labute approximate surface area is 174 Å². The van der Waals surface area contributed by atoms with Crippen LogP contribution in [-0.4, -0.2) is 51.1 Å². The molecular formula is C23H35N5O. The molecule has 29 heavy (non-hydrogen) atoms. The lowest BCUT2D eigenvalue weighted by Gasteiger charge is -2.24. The fourth-order valence-corrected chi connectivity index (χ4v) is 4.93. The van der Waals surface area contributed by atoms with Crippen molar-refractivity contribution in [2.75, 3.05) is 26.2 Å². The number of nitrogens with zero attached hydrogens (tertiary/aromatic N) is 5. The third-order valence-corrected chi connectivity index (χ3v) is 6.50. The molecule has 2 aromatic rings. The van der Waals surface area contributed by atoms with Crippen LogP contribution in [0.15, 0.2) is 18.3 Å². The minimum absolute atomic E-state index is 0.431. The molecule has 0 amide bonds. The standard InChI is InChI=1S/C23H35N5O/c1-16-20(14-27(5)26-16)21-6-7-22(25-24-21)29-15-17-10-18-12-28(13-19(18)11-17)9-8-23(2,3)4/h6-7,14,17-19H,8-13,15H2,1-5H3/t17?,18-,19+. The molecule has 3 heterocycles. The average molecular weight is 398 g/mol. The van der Waals surface area contributed by atoms with Gasteiger partial charge in [-0.25, -0.2) is 0 Å². The molecule has 2 aliphatic rings. The Morgan fingerprint density at radius 3 is 2.38 bits per heavy atom. The largest absolute Gasteiger partial charge is 0.476 e. The normalized spacial score (nSPS) is 24.8. The van der Waals surface area contributed by atoms with Crippen LogP contribution < -0.4 is 4.74 Å². The van der Waals surface area contributed by atoms with Gasteiger partial charge >= 0.3 is 0 Å². The molecular weight excluding hydrogens is 362 g/mol. The number of hydrogen-bond donors (Lipinski definition) is 0. The Bertz CT molecular complexity index is 809. The SMILES string of the molecule is Cc1nn(C)cc1-c1ccc(OCC2C[C@@H]3CN(CCC(C)(C)C)C[C@@H]3C2)nn1. The molecule has 0 aromatic carbocycles. The van der Waals surface area contributed by atoms with E-state index in [1.54, 1.807) is 4.68 Å². The van der Waals surface area contributed by atoms with Crippen molar-refractivity contribution >= 4 is 0 Å². The fraction of sp³-hybridized carbons (Fsp3) is 0.696. The molecule has 1 saturated heterocycles. The molecule has 0 spiro atoms. The predicted molar refractivity (Wildman–Crippen MR) is 115 cm³/mol. The van der Waals surface area contributed by atoms with Gasteiger partial charge in [0.15, 0.2) is 0 Å². The van der Waals surface area contributed by atoms with Crippen LogP contribution in [0.2, 0.25) is 0 Å². The molecule has 1 aliphatic heterocycles. The van der Waals surface area contributed by atoms with Crippen molar-refractivity contribution < 1.29 is 4.74 Å². The van der Waals surface area contributed by atoms with Gasteiger partial charge in [0.05, 0.1) is 18.0 Å². The van der Waals surface area contributed by atoms with Crippen LogP contribution in [0.5, 0.6) is 5.88 Å². The van der Waals surface area contributed by atoms with Crippen molar-refractivity contribution in [3.63, 3.8) is 0 Å². The molecule has 1 saturated carbocycles. The quantitative estimate of drug-likeness (QED) is 0.738. The zero-order chi connectivity index (χ0) is 20.6. The minimum Gasteiger partial charge on any atom is -0.476 e. The Morgan fingerprint density at radius 1 is 1.10 bits per heavy atom. The smallest absolute Gasteiger partial charge is 0.233 e. The van der Waals surface area contributed by atoms with Gasteiger partial charge in [-0.3, -0.25) is 4.68 Å². The maximum absolute atomic E-state index is 5.99. The number of fused-ring (bicyclic) bond motifs is 1. The number of aryl methyl sites for hydroxylation is 2. The second-order valence-electron chi connectivity index (χ2n) is 10.3. The van der Waals surface area contributed by atoms with Crippen LogP contribution in [0.3, 0.4) is 0 Å². The highest BCUT2D eigenvalue weighted by Crippen LogP contribution is 2.42. The van der Waals surface area contributed by atoms with Gasteiger partial charge in [-0.1, -0.05) is 20.8 Å². The average Bonchev–Trinajstić information content (AvgIpc) is 3.30. The lowest BCUT2D eigenvalue weighted by molar-refractivity contribution is 0.212. The van der Waals surface area contributed by atoms with Crippen LogP contribution in [0, 0.1) is 30.1 Å². The van der Waals surface area contributed by atoms with E-state index in [4.69, 9.17) is 4.74 Å². The third-order valence-electron chi connectivity index (χ3n) is 6.50. The van der Waals surface area contributed by atoms with Gasteiger partial charge in [-0.2, -0.15) is 5.10 Å². The maximum Gasteiger partial charge on any atom is 0.233 e. The van der Waals surface area contributed by atoms with Crippen molar-refractivity contribution in [3.8, 4) is 17.1 Å². The summed E-state index contributed by atoms with van der Waals surface area (Å²) >= 11 is 0. The number of rotatable bonds is 6. The number of likely N-dealkylation sites (tertiary alicyclic amines) is 1. The molecule has 4 rings (SSSR count). The first-order valence-corrected chi connectivity index (χ1v) is 11.0. The van der Waals surface area contributed by atoms with Crippen molar-refractivity contribution in [2.45, 2.75) is 47.0 Å². The van der Waals surface area contributed by atoms with E-state index >= 15 is 0 Å². The Hall–Kier alpha value is -1.95. The summed E-state index contributed by atoms with van der Waals surface area (Å²) in [6.45, 7) is 13.6. The maximum atomic E-state index is 5.99. The summed E-state index contributed by atoms with van der Waals surface area (Å²) in [6.07, 6.45) is 5.84. The Morgan fingerprint density at radius 2 is 1.83 bits per heavy atom. The molecule has 0 radical (unpaired) electrons. The van der Waals surface area contributed by atoms with E-state index in [9.17, 15) is 0 Å². The molecule has 1 unspecified atom stereocenters. The lowest BCUT2D eigenvalue weighted by atomic mass is 9.92. The molecule has 6 heteroatoms. The summed E-state index contributed by atoms with van der Waals surface area (Å²) < 4.78 is 7.80. The Balaban J connectivity index is 1.24.